The third kappa shape index (κ3) is 4.79. The lowest BCUT2D eigenvalue weighted by Gasteiger charge is -2.15. The average Bonchev–Trinajstić information content (AvgIpc) is 2.87. The maximum absolute atomic E-state index is 6.21. The highest BCUT2D eigenvalue weighted by Gasteiger charge is 2.16. The Balaban J connectivity index is 0.00000240. The van der Waals surface area contributed by atoms with E-state index >= 15 is 0 Å². The molecule has 0 fully saturated rings. The second-order valence-electron chi connectivity index (χ2n) is 8.32. The van der Waals surface area contributed by atoms with Crippen LogP contribution in [0.25, 0.3) is 10.9 Å². The summed E-state index contributed by atoms with van der Waals surface area (Å²) in [6.45, 7) is 9.48. The molecule has 0 atom stereocenters. The van der Waals surface area contributed by atoms with Gasteiger partial charge >= 0.3 is 0 Å². The van der Waals surface area contributed by atoms with Gasteiger partial charge in [0.2, 0.25) is 0 Å². The van der Waals surface area contributed by atoms with Gasteiger partial charge in [0, 0.05) is 29.6 Å². The first kappa shape index (κ1) is 21.7. The highest BCUT2D eigenvalue weighted by atomic mass is 35.5. The Labute approximate surface area is 180 Å². The van der Waals surface area contributed by atoms with E-state index in [2.05, 4.69) is 67.5 Å². The zero-order valence-electron chi connectivity index (χ0n) is 17.8. The average molecular weight is 413 g/mol. The lowest BCUT2D eigenvalue weighted by molar-refractivity contribution is 0.307. The monoisotopic (exact) mass is 412 g/mol. The molecule has 1 aromatic heterocycles. The molecule has 29 heavy (non-hydrogen) atoms. The molecule has 1 aliphatic heterocycles. The van der Waals surface area contributed by atoms with Gasteiger partial charge in [-0.05, 0) is 73.0 Å². The minimum Gasteiger partial charge on any atom is -0.493 e. The van der Waals surface area contributed by atoms with Crippen molar-refractivity contribution in [2.75, 3.05) is 19.7 Å². The van der Waals surface area contributed by atoms with Crippen molar-refractivity contribution in [3.05, 3.63) is 64.3 Å². The first-order valence-corrected chi connectivity index (χ1v) is 10.7. The van der Waals surface area contributed by atoms with Gasteiger partial charge in [0.25, 0.3) is 0 Å². The van der Waals surface area contributed by atoms with E-state index in [0.29, 0.717) is 5.92 Å². The van der Waals surface area contributed by atoms with Gasteiger partial charge < -0.3 is 15.0 Å². The molecule has 4 rings (SSSR count). The van der Waals surface area contributed by atoms with Crippen molar-refractivity contribution in [3.8, 4) is 5.75 Å². The van der Waals surface area contributed by atoms with E-state index in [1.807, 2.05) is 0 Å². The second kappa shape index (κ2) is 9.69. The van der Waals surface area contributed by atoms with Crippen molar-refractivity contribution in [3.63, 3.8) is 0 Å². The predicted molar refractivity (Wildman–Crippen MR) is 125 cm³/mol. The van der Waals surface area contributed by atoms with Crippen LogP contribution in [0.4, 0.5) is 0 Å². The van der Waals surface area contributed by atoms with Gasteiger partial charge in [-0.1, -0.05) is 38.1 Å². The zero-order valence-corrected chi connectivity index (χ0v) is 18.6. The van der Waals surface area contributed by atoms with Crippen LogP contribution in [0.3, 0.4) is 0 Å². The molecule has 2 heterocycles. The van der Waals surface area contributed by atoms with Crippen molar-refractivity contribution < 1.29 is 4.74 Å². The first-order chi connectivity index (χ1) is 13.6. The summed E-state index contributed by atoms with van der Waals surface area (Å²) in [5, 5.41) is 4.97. The summed E-state index contributed by atoms with van der Waals surface area (Å²) in [7, 11) is 0. The van der Waals surface area contributed by atoms with Gasteiger partial charge in [0.05, 0.1) is 6.61 Å². The summed E-state index contributed by atoms with van der Waals surface area (Å²) >= 11 is 0. The van der Waals surface area contributed by atoms with Crippen molar-refractivity contribution in [1.29, 1.82) is 0 Å². The van der Waals surface area contributed by atoms with Gasteiger partial charge in [0.1, 0.15) is 5.75 Å². The minimum absolute atomic E-state index is 0. The number of ether oxygens (including phenoxy) is 1. The number of hydrogen-bond acceptors (Lipinski definition) is 2. The normalized spacial score (nSPS) is 13.8. The first-order valence-electron chi connectivity index (χ1n) is 10.7. The number of halogens is 1. The Bertz CT molecular complexity index is 961. The van der Waals surface area contributed by atoms with E-state index in [1.165, 1.54) is 38.9 Å². The number of aromatic nitrogens is 1. The third-order valence-corrected chi connectivity index (χ3v) is 5.85. The highest BCUT2D eigenvalue weighted by molar-refractivity contribution is 5.88. The Kier molecular flexibility index (Phi) is 7.26. The number of nitrogens with one attached hydrogen (secondary N) is 2. The molecule has 156 valence electrons. The Morgan fingerprint density at radius 1 is 1.07 bits per heavy atom. The van der Waals surface area contributed by atoms with E-state index < -0.39 is 0 Å². The van der Waals surface area contributed by atoms with Crippen LogP contribution in [0.1, 0.15) is 54.1 Å². The molecule has 0 amide bonds. The smallest absolute Gasteiger partial charge is 0.122 e. The maximum Gasteiger partial charge on any atom is 0.122 e. The molecule has 1 aliphatic rings. The number of benzene rings is 2. The molecule has 3 aromatic rings. The van der Waals surface area contributed by atoms with Crippen LogP contribution in [0.15, 0.2) is 36.4 Å². The van der Waals surface area contributed by atoms with Crippen molar-refractivity contribution in [1.82, 2.24) is 10.3 Å². The predicted octanol–water partition coefficient (Wildman–Crippen LogP) is 5.72. The van der Waals surface area contributed by atoms with Crippen LogP contribution in [0.2, 0.25) is 0 Å². The molecule has 2 N–H and O–H groups in total. The van der Waals surface area contributed by atoms with Gasteiger partial charge in [-0.3, -0.25) is 0 Å². The Hall–Kier alpha value is -1.97. The third-order valence-electron chi connectivity index (χ3n) is 5.85. The van der Waals surface area contributed by atoms with E-state index in [9.17, 15) is 0 Å². The standard InChI is InChI=1S/C25H32N2O.ClH/c1-17(2)20-10-9-18(3)16-24(20)28-15-5-7-19-6-4-8-23-25(19)21-11-13-26-14-12-22(21)27-23;/h4,6,8-10,16-17,26-27H,5,7,11-15H2,1-3H3;1H. The van der Waals surface area contributed by atoms with Crippen LogP contribution in [0.5, 0.6) is 5.75 Å². The summed E-state index contributed by atoms with van der Waals surface area (Å²) < 4.78 is 6.21. The number of fused-ring (bicyclic) bond motifs is 3. The molecule has 4 heteroatoms. The maximum atomic E-state index is 6.21. The summed E-state index contributed by atoms with van der Waals surface area (Å²) in [6, 6.07) is 13.3. The minimum atomic E-state index is 0. The fourth-order valence-electron chi connectivity index (χ4n) is 4.39. The molecular formula is C25H33ClN2O. The van der Waals surface area contributed by atoms with Crippen LogP contribution in [-0.2, 0) is 19.3 Å². The summed E-state index contributed by atoms with van der Waals surface area (Å²) in [5.74, 6) is 1.53. The summed E-state index contributed by atoms with van der Waals surface area (Å²) in [4.78, 5) is 3.67. The Morgan fingerprint density at radius 2 is 1.90 bits per heavy atom. The molecule has 0 radical (unpaired) electrons. The Morgan fingerprint density at radius 3 is 2.72 bits per heavy atom. The SMILES string of the molecule is Cc1ccc(C(C)C)c(OCCCc2cccc3[nH]c4c(c23)CCNCC4)c1.Cl. The number of rotatable bonds is 6. The number of hydrogen-bond donors (Lipinski definition) is 2. The second-order valence-corrected chi connectivity index (χ2v) is 8.32. The van der Waals surface area contributed by atoms with Gasteiger partial charge in [-0.25, -0.2) is 0 Å². The number of aryl methyl sites for hydroxylation is 2. The lowest BCUT2D eigenvalue weighted by atomic mass is 9.99. The molecule has 2 aromatic carbocycles. The van der Waals surface area contributed by atoms with Crippen LogP contribution in [-0.4, -0.2) is 24.7 Å². The molecule has 0 saturated heterocycles. The van der Waals surface area contributed by atoms with E-state index in [4.69, 9.17) is 4.74 Å². The molecule has 0 aliphatic carbocycles. The van der Waals surface area contributed by atoms with Crippen molar-refractivity contribution >= 4 is 23.3 Å². The van der Waals surface area contributed by atoms with Crippen LogP contribution < -0.4 is 10.1 Å². The summed E-state index contributed by atoms with van der Waals surface area (Å²) in [6.07, 6.45) is 4.29. The summed E-state index contributed by atoms with van der Waals surface area (Å²) in [5.41, 5.74) is 8.26. The highest BCUT2D eigenvalue weighted by Crippen LogP contribution is 2.30. The van der Waals surface area contributed by atoms with E-state index in [0.717, 1.165) is 51.1 Å². The topological polar surface area (TPSA) is 37.0 Å². The molecule has 0 unspecified atom stereocenters. The zero-order chi connectivity index (χ0) is 19.5. The van der Waals surface area contributed by atoms with E-state index in [1.54, 1.807) is 0 Å². The number of aromatic amines is 1. The van der Waals surface area contributed by atoms with Crippen LogP contribution in [0, 0.1) is 6.92 Å². The molecule has 0 bridgehead atoms. The number of H-pyrrole nitrogens is 1. The molecule has 0 saturated carbocycles. The van der Waals surface area contributed by atoms with Gasteiger partial charge in [0.15, 0.2) is 0 Å². The van der Waals surface area contributed by atoms with Gasteiger partial charge in [-0.15, -0.1) is 12.4 Å². The fraction of sp³-hybridized carbons (Fsp3) is 0.440. The van der Waals surface area contributed by atoms with Crippen molar-refractivity contribution in [2.45, 2.75) is 52.4 Å². The van der Waals surface area contributed by atoms with Gasteiger partial charge in [-0.2, -0.15) is 0 Å². The molecule has 3 nitrogen and oxygen atoms in total. The fourth-order valence-corrected chi connectivity index (χ4v) is 4.39. The largest absolute Gasteiger partial charge is 0.493 e. The lowest BCUT2D eigenvalue weighted by Crippen LogP contribution is -2.16. The van der Waals surface area contributed by atoms with Crippen LogP contribution >= 0.6 is 12.4 Å². The van der Waals surface area contributed by atoms with E-state index in [-0.39, 0.29) is 12.4 Å². The quantitative estimate of drug-likeness (QED) is 0.508. The molecule has 0 spiro atoms. The van der Waals surface area contributed by atoms with Crippen molar-refractivity contribution in [2.24, 2.45) is 0 Å². The molecular weight excluding hydrogens is 380 g/mol.